The molecule has 0 spiro atoms. The van der Waals surface area contributed by atoms with Crippen molar-refractivity contribution in [2.45, 2.75) is 12.1 Å². The summed E-state index contributed by atoms with van der Waals surface area (Å²) in [5.41, 5.74) is 0.846. The Labute approximate surface area is 102 Å². The van der Waals surface area contributed by atoms with Crippen molar-refractivity contribution >= 4 is 33.3 Å². The molecule has 16 heavy (non-hydrogen) atoms. The monoisotopic (exact) mass is 252 g/mol. The van der Waals surface area contributed by atoms with Gasteiger partial charge in [0.05, 0.1) is 5.52 Å². The highest BCUT2D eigenvalue weighted by molar-refractivity contribution is 7.99. The molecule has 2 aromatic rings. The van der Waals surface area contributed by atoms with Crippen LogP contribution in [0.1, 0.15) is 6.92 Å². The van der Waals surface area contributed by atoms with Gasteiger partial charge in [-0.25, -0.2) is 4.98 Å². The third kappa shape index (κ3) is 2.05. The zero-order valence-electron chi connectivity index (χ0n) is 9.14. The number of thiophene rings is 1. The Hall–Kier alpha value is -1.07. The molecule has 0 amide bonds. The van der Waals surface area contributed by atoms with Crippen LogP contribution in [0.25, 0.3) is 10.2 Å². The van der Waals surface area contributed by atoms with E-state index in [-0.39, 0.29) is 5.56 Å². The van der Waals surface area contributed by atoms with Gasteiger partial charge in [-0.15, -0.1) is 11.3 Å². The van der Waals surface area contributed by atoms with E-state index in [1.165, 1.54) is 11.3 Å². The van der Waals surface area contributed by atoms with Crippen molar-refractivity contribution in [2.24, 2.45) is 7.05 Å². The Kier molecular flexibility index (Phi) is 3.46. The molecule has 3 nitrogen and oxygen atoms in total. The number of hydrogen-bond donors (Lipinski definition) is 0. The molecule has 2 aromatic heterocycles. The molecule has 2 rings (SSSR count). The van der Waals surface area contributed by atoms with Crippen LogP contribution in [0.2, 0.25) is 0 Å². The fourth-order valence-electron chi connectivity index (χ4n) is 1.32. The average molecular weight is 252 g/mol. The van der Waals surface area contributed by atoms with Crippen LogP contribution in [0.15, 0.2) is 33.5 Å². The van der Waals surface area contributed by atoms with Gasteiger partial charge in [0.2, 0.25) is 0 Å². The number of rotatable bonds is 3. The molecule has 0 atom stereocenters. The predicted octanol–water partition coefficient (Wildman–Crippen LogP) is 2.66. The molecular formula is C11H12N2OS2. The van der Waals surface area contributed by atoms with Gasteiger partial charge in [0.25, 0.3) is 5.56 Å². The summed E-state index contributed by atoms with van der Waals surface area (Å²) < 4.78 is 2.35. The predicted molar refractivity (Wildman–Crippen MR) is 70.4 cm³/mol. The molecule has 0 aliphatic rings. The van der Waals surface area contributed by atoms with Gasteiger partial charge in [-0.3, -0.25) is 9.36 Å². The lowest BCUT2D eigenvalue weighted by Crippen LogP contribution is -2.18. The van der Waals surface area contributed by atoms with Crippen molar-refractivity contribution in [1.82, 2.24) is 9.55 Å². The van der Waals surface area contributed by atoms with Crippen molar-refractivity contribution in [3.63, 3.8) is 0 Å². The largest absolute Gasteiger partial charge is 0.290 e. The molecule has 0 aromatic carbocycles. The van der Waals surface area contributed by atoms with Gasteiger partial charge in [0.1, 0.15) is 4.70 Å². The van der Waals surface area contributed by atoms with Gasteiger partial charge < -0.3 is 0 Å². The van der Waals surface area contributed by atoms with Gasteiger partial charge in [-0.1, -0.05) is 23.9 Å². The van der Waals surface area contributed by atoms with Crippen molar-refractivity contribution in [2.75, 3.05) is 5.75 Å². The number of aromatic nitrogens is 2. The van der Waals surface area contributed by atoms with Gasteiger partial charge in [0, 0.05) is 12.8 Å². The molecule has 0 bridgehead atoms. The van der Waals surface area contributed by atoms with Crippen LogP contribution < -0.4 is 5.56 Å². The fraction of sp³-hybridized carbons (Fsp3) is 0.273. The molecule has 0 aliphatic heterocycles. The van der Waals surface area contributed by atoms with E-state index in [1.807, 2.05) is 24.4 Å². The second kappa shape index (κ2) is 4.84. The third-order valence-corrected chi connectivity index (χ3v) is 4.06. The van der Waals surface area contributed by atoms with E-state index in [0.717, 1.165) is 21.1 Å². The maximum Gasteiger partial charge on any atom is 0.271 e. The molecule has 0 fully saturated rings. The van der Waals surface area contributed by atoms with Crippen LogP contribution in [0.5, 0.6) is 0 Å². The second-order valence-electron chi connectivity index (χ2n) is 3.27. The van der Waals surface area contributed by atoms with E-state index in [1.54, 1.807) is 23.4 Å². The number of hydrogen-bond acceptors (Lipinski definition) is 4. The Bertz CT molecular complexity index is 583. The summed E-state index contributed by atoms with van der Waals surface area (Å²) in [4.78, 5) is 16.4. The maximum atomic E-state index is 11.9. The highest BCUT2D eigenvalue weighted by Gasteiger charge is 2.08. The molecule has 0 radical (unpaired) electrons. The fourth-order valence-corrected chi connectivity index (χ4v) is 3.00. The van der Waals surface area contributed by atoms with Crippen molar-refractivity contribution in [1.29, 1.82) is 0 Å². The van der Waals surface area contributed by atoms with Crippen LogP contribution in [0, 0.1) is 0 Å². The molecule has 0 saturated heterocycles. The lowest BCUT2D eigenvalue weighted by atomic mass is 10.5. The van der Waals surface area contributed by atoms with E-state index in [0.29, 0.717) is 0 Å². The molecule has 0 N–H and O–H groups in total. The molecule has 84 valence electrons. The molecular weight excluding hydrogens is 240 g/mol. The van der Waals surface area contributed by atoms with Gasteiger partial charge in [-0.05, 0) is 18.4 Å². The minimum absolute atomic E-state index is 0.0444. The number of allylic oxidation sites excluding steroid dienone is 1. The van der Waals surface area contributed by atoms with E-state index in [2.05, 4.69) is 11.1 Å². The van der Waals surface area contributed by atoms with E-state index >= 15 is 0 Å². The summed E-state index contributed by atoms with van der Waals surface area (Å²) >= 11 is 3.02. The first kappa shape index (κ1) is 11.4. The molecule has 2 heterocycles. The van der Waals surface area contributed by atoms with Gasteiger partial charge in [-0.2, -0.15) is 0 Å². The number of fused-ring (bicyclic) bond motifs is 1. The van der Waals surface area contributed by atoms with E-state index in [4.69, 9.17) is 0 Å². The van der Waals surface area contributed by atoms with E-state index < -0.39 is 0 Å². The smallest absolute Gasteiger partial charge is 0.271 e. The number of thioether (sulfide) groups is 1. The first-order valence-corrected chi connectivity index (χ1v) is 6.78. The Morgan fingerprint density at radius 3 is 3.19 bits per heavy atom. The summed E-state index contributed by atoms with van der Waals surface area (Å²) in [6.45, 7) is 1.98. The summed E-state index contributed by atoms with van der Waals surface area (Å²) in [5.74, 6) is 0.840. The highest BCUT2D eigenvalue weighted by atomic mass is 32.2. The molecule has 0 saturated carbocycles. The topological polar surface area (TPSA) is 34.9 Å². The Morgan fingerprint density at radius 1 is 1.62 bits per heavy atom. The molecule has 0 aliphatic carbocycles. The average Bonchev–Trinajstić information content (AvgIpc) is 2.73. The summed E-state index contributed by atoms with van der Waals surface area (Å²) in [7, 11) is 1.77. The van der Waals surface area contributed by atoms with Crippen LogP contribution >= 0.6 is 23.1 Å². The minimum Gasteiger partial charge on any atom is -0.290 e. The standard InChI is InChI=1S/C11H12N2OS2/c1-3-4-6-16-11-12-8-5-7-15-9(8)10(14)13(11)2/h3-5,7H,6H2,1-2H3. The van der Waals surface area contributed by atoms with Crippen molar-refractivity contribution in [3.05, 3.63) is 34.0 Å². The van der Waals surface area contributed by atoms with Crippen LogP contribution in [-0.2, 0) is 7.05 Å². The van der Waals surface area contributed by atoms with Crippen molar-refractivity contribution < 1.29 is 0 Å². The van der Waals surface area contributed by atoms with Crippen LogP contribution in [-0.4, -0.2) is 15.3 Å². The van der Waals surface area contributed by atoms with E-state index in [9.17, 15) is 4.79 Å². The first-order valence-electron chi connectivity index (χ1n) is 4.92. The maximum absolute atomic E-state index is 11.9. The summed E-state index contributed by atoms with van der Waals surface area (Å²) in [5, 5.41) is 2.67. The quantitative estimate of drug-likeness (QED) is 0.478. The zero-order chi connectivity index (χ0) is 11.5. The minimum atomic E-state index is 0.0444. The normalized spacial score (nSPS) is 11.6. The highest BCUT2D eigenvalue weighted by Crippen LogP contribution is 2.19. The second-order valence-corrected chi connectivity index (χ2v) is 5.18. The zero-order valence-corrected chi connectivity index (χ0v) is 10.8. The Morgan fingerprint density at radius 2 is 2.44 bits per heavy atom. The molecule has 0 unspecified atom stereocenters. The number of nitrogens with zero attached hydrogens (tertiary/aromatic N) is 2. The first-order chi connectivity index (χ1) is 7.74. The SMILES string of the molecule is CC=CCSc1nc2ccsc2c(=O)n1C. The molecule has 5 heteroatoms. The van der Waals surface area contributed by atoms with Crippen LogP contribution in [0.4, 0.5) is 0 Å². The summed E-state index contributed by atoms with van der Waals surface area (Å²) in [6, 6.07) is 1.89. The lowest BCUT2D eigenvalue weighted by molar-refractivity contribution is 0.728. The van der Waals surface area contributed by atoms with Crippen LogP contribution in [0.3, 0.4) is 0 Å². The van der Waals surface area contributed by atoms with Crippen molar-refractivity contribution in [3.8, 4) is 0 Å². The summed E-state index contributed by atoms with van der Waals surface area (Å²) in [6.07, 6.45) is 4.04. The third-order valence-electron chi connectivity index (χ3n) is 2.19. The van der Waals surface area contributed by atoms with Gasteiger partial charge >= 0.3 is 0 Å². The lowest BCUT2D eigenvalue weighted by Gasteiger charge is -2.04. The Balaban J connectivity index is 2.45. The van der Waals surface area contributed by atoms with Gasteiger partial charge in [0.15, 0.2) is 5.16 Å².